The fourth-order valence-electron chi connectivity index (χ4n) is 1.92. The van der Waals surface area contributed by atoms with Crippen molar-refractivity contribution >= 4 is 28.1 Å². The van der Waals surface area contributed by atoms with Gasteiger partial charge in [0.1, 0.15) is 4.99 Å². The number of nitrogens with two attached hydrogens (primary N) is 1. The summed E-state index contributed by atoms with van der Waals surface area (Å²) in [6, 6.07) is 9.66. The van der Waals surface area contributed by atoms with E-state index in [2.05, 4.69) is 4.98 Å². The van der Waals surface area contributed by atoms with Crippen LogP contribution in [0.5, 0.6) is 5.88 Å². The molecule has 0 saturated heterocycles. The molecule has 0 spiro atoms. The molecule has 0 radical (unpaired) electrons. The van der Waals surface area contributed by atoms with E-state index in [9.17, 15) is 0 Å². The third-order valence-electron chi connectivity index (χ3n) is 3.12. The standard InChI is InChI=1S/C14H14N2OS/c15-14(18)11-7-13(17-8-9-5-6-9)16-12-4-2-1-3-10(11)12/h1-4,7,9H,5-6,8H2,(H2,15,18). The van der Waals surface area contributed by atoms with Crippen molar-refractivity contribution < 1.29 is 4.74 Å². The van der Waals surface area contributed by atoms with Crippen LogP contribution < -0.4 is 10.5 Å². The molecule has 1 aliphatic carbocycles. The van der Waals surface area contributed by atoms with E-state index in [4.69, 9.17) is 22.7 Å². The van der Waals surface area contributed by atoms with E-state index in [0.29, 0.717) is 16.8 Å². The minimum atomic E-state index is 0.380. The monoisotopic (exact) mass is 258 g/mol. The van der Waals surface area contributed by atoms with Gasteiger partial charge in [-0.15, -0.1) is 0 Å². The van der Waals surface area contributed by atoms with Gasteiger partial charge < -0.3 is 10.5 Å². The van der Waals surface area contributed by atoms with Crippen LogP contribution in [0.1, 0.15) is 18.4 Å². The summed E-state index contributed by atoms with van der Waals surface area (Å²) < 4.78 is 5.70. The second kappa shape index (κ2) is 4.53. The Bertz CT molecular complexity index is 608. The average molecular weight is 258 g/mol. The Labute approximate surface area is 111 Å². The van der Waals surface area contributed by atoms with E-state index in [1.807, 2.05) is 30.3 Å². The van der Waals surface area contributed by atoms with Gasteiger partial charge in [0, 0.05) is 17.0 Å². The largest absolute Gasteiger partial charge is 0.477 e. The van der Waals surface area contributed by atoms with Crippen LogP contribution in [0.4, 0.5) is 0 Å². The third-order valence-corrected chi connectivity index (χ3v) is 3.34. The summed E-state index contributed by atoms with van der Waals surface area (Å²) in [5.41, 5.74) is 7.47. The van der Waals surface area contributed by atoms with Gasteiger partial charge in [-0.3, -0.25) is 0 Å². The molecule has 0 bridgehead atoms. The Morgan fingerprint density at radius 3 is 2.89 bits per heavy atom. The van der Waals surface area contributed by atoms with Crippen molar-refractivity contribution in [3.63, 3.8) is 0 Å². The molecule has 4 heteroatoms. The second-order valence-electron chi connectivity index (χ2n) is 4.64. The van der Waals surface area contributed by atoms with Gasteiger partial charge in [-0.25, -0.2) is 4.98 Å². The maximum Gasteiger partial charge on any atom is 0.214 e. The number of thiocarbonyl (C=S) groups is 1. The van der Waals surface area contributed by atoms with Gasteiger partial charge in [0.2, 0.25) is 5.88 Å². The molecule has 0 unspecified atom stereocenters. The normalized spacial score (nSPS) is 14.7. The number of nitrogens with zero attached hydrogens (tertiary/aromatic N) is 1. The Balaban J connectivity index is 2.01. The fourth-order valence-corrected chi connectivity index (χ4v) is 2.09. The molecule has 3 rings (SSSR count). The third kappa shape index (κ3) is 2.29. The van der Waals surface area contributed by atoms with E-state index in [1.54, 1.807) is 0 Å². The summed E-state index contributed by atoms with van der Waals surface area (Å²) in [5.74, 6) is 1.31. The highest BCUT2D eigenvalue weighted by Crippen LogP contribution is 2.30. The number of benzene rings is 1. The number of rotatable bonds is 4. The molecule has 1 heterocycles. The van der Waals surface area contributed by atoms with Gasteiger partial charge in [-0.2, -0.15) is 0 Å². The highest BCUT2D eigenvalue weighted by Gasteiger charge is 2.22. The first-order valence-corrected chi connectivity index (χ1v) is 6.47. The first-order valence-electron chi connectivity index (χ1n) is 6.06. The Hall–Kier alpha value is -1.68. The molecule has 1 saturated carbocycles. The molecule has 1 aliphatic rings. The Kier molecular flexibility index (Phi) is 2.88. The number of hydrogen-bond acceptors (Lipinski definition) is 3. The number of ether oxygens (including phenoxy) is 1. The van der Waals surface area contributed by atoms with Crippen molar-refractivity contribution in [1.82, 2.24) is 4.98 Å². The first-order chi connectivity index (χ1) is 8.74. The number of hydrogen-bond donors (Lipinski definition) is 1. The molecule has 0 aliphatic heterocycles. The summed E-state index contributed by atoms with van der Waals surface area (Å²) in [5, 5.41) is 0.976. The molecule has 1 aromatic carbocycles. The van der Waals surface area contributed by atoms with Crippen molar-refractivity contribution in [2.45, 2.75) is 12.8 Å². The van der Waals surface area contributed by atoms with E-state index in [1.165, 1.54) is 12.8 Å². The zero-order valence-corrected chi connectivity index (χ0v) is 10.7. The van der Waals surface area contributed by atoms with Crippen molar-refractivity contribution in [3.05, 3.63) is 35.9 Å². The van der Waals surface area contributed by atoms with E-state index >= 15 is 0 Å². The predicted octanol–water partition coefficient (Wildman–Crippen LogP) is 2.66. The van der Waals surface area contributed by atoms with Gasteiger partial charge in [-0.1, -0.05) is 30.4 Å². The highest BCUT2D eigenvalue weighted by molar-refractivity contribution is 7.80. The lowest BCUT2D eigenvalue weighted by Crippen LogP contribution is -2.11. The van der Waals surface area contributed by atoms with Crippen molar-refractivity contribution in [1.29, 1.82) is 0 Å². The lowest BCUT2D eigenvalue weighted by molar-refractivity contribution is 0.289. The molecule has 2 aromatic rings. The van der Waals surface area contributed by atoms with Gasteiger partial charge in [-0.05, 0) is 24.8 Å². The van der Waals surface area contributed by atoms with Crippen LogP contribution in [0.3, 0.4) is 0 Å². The number of pyridine rings is 1. The molecule has 3 nitrogen and oxygen atoms in total. The van der Waals surface area contributed by atoms with Crippen LogP contribution in [0, 0.1) is 5.92 Å². The number of para-hydroxylation sites is 1. The average Bonchev–Trinajstić information content (AvgIpc) is 3.19. The van der Waals surface area contributed by atoms with Crippen molar-refractivity contribution in [2.75, 3.05) is 6.61 Å². The second-order valence-corrected chi connectivity index (χ2v) is 5.08. The quantitative estimate of drug-likeness (QED) is 0.856. The molecular weight excluding hydrogens is 244 g/mol. The SMILES string of the molecule is NC(=S)c1cc(OCC2CC2)nc2ccccc12. The van der Waals surface area contributed by atoms with Gasteiger partial charge >= 0.3 is 0 Å². The maximum absolute atomic E-state index is 5.77. The molecule has 0 amide bonds. The zero-order chi connectivity index (χ0) is 12.5. The van der Waals surface area contributed by atoms with Crippen LogP contribution >= 0.6 is 12.2 Å². The fraction of sp³-hybridized carbons (Fsp3) is 0.286. The zero-order valence-electron chi connectivity index (χ0n) is 9.93. The van der Waals surface area contributed by atoms with E-state index in [-0.39, 0.29) is 0 Å². The van der Waals surface area contributed by atoms with Gasteiger partial charge in [0.15, 0.2) is 0 Å². The van der Waals surface area contributed by atoms with E-state index in [0.717, 1.165) is 23.1 Å². The number of aromatic nitrogens is 1. The number of fused-ring (bicyclic) bond motifs is 1. The van der Waals surface area contributed by atoms with Crippen LogP contribution in [0.2, 0.25) is 0 Å². The highest BCUT2D eigenvalue weighted by atomic mass is 32.1. The van der Waals surface area contributed by atoms with Crippen LogP contribution in [0.15, 0.2) is 30.3 Å². The minimum Gasteiger partial charge on any atom is -0.477 e. The van der Waals surface area contributed by atoms with Crippen LogP contribution in [-0.4, -0.2) is 16.6 Å². The van der Waals surface area contributed by atoms with Crippen LogP contribution in [-0.2, 0) is 0 Å². The summed E-state index contributed by atoms with van der Waals surface area (Å²) in [4.78, 5) is 4.86. The lowest BCUT2D eigenvalue weighted by atomic mass is 10.1. The first kappa shape index (κ1) is 11.4. The molecule has 18 heavy (non-hydrogen) atoms. The lowest BCUT2D eigenvalue weighted by Gasteiger charge is -2.09. The molecule has 2 N–H and O–H groups in total. The topological polar surface area (TPSA) is 48.1 Å². The molecule has 1 aromatic heterocycles. The summed E-state index contributed by atoms with van der Waals surface area (Å²) in [6.45, 7) is 0.738. The smallest absolute Gasteiger partial charge is 0.214 e. The predicted molar refractivity (Wildman–Crippen MR) is 75.8 cm³/mol. The maximum atomic E-state index is 5.77. The summed E-state index contributed by atoms with van der Waals surface area (Å²) >= 11 is 5.09. The van der Waals surface area contributed by atoms with Gasteiger partial charge in [0.05, 0.1) is 12.1 Å². The Morgan fingerprint density at radius 2 is 2.17 bits per heavy atom. The van der Waals surface area contributed by atoms with Gasteiger partial charge in [0.25, 0.3) is 0 Å². The molecular formula is C14H14N2OS. The summed E-state index contributed by atoms with van der Waals surface area (Å²) in [6.07, 6.45) is 2.52. The van der Waals surface area contributed by atoms with Crippen molar-refractivity contribution in [2.24, 2.45) is 11.7 Å². The van der Waals surface area contributed by atoms with Crippen molar-refractivity contribution in [3.8, 4) is 5.88 Å². The minimum absolute atomic E-state index is 0.380. The van der Waals surface area contributed by atoms with Crippen LogP contribution in [0.25, 0.3) is 10.9 Å². The summed E-state index contributed by atoms with van der Waals surface area (Å²) in [7, 11) is 0. The molecule has 1 fully saturated rings. The Morgan fingerprint density at radius 1 is 1.39 bits per heavy atom. The molecule has 92 valence electrons. The molecule has 0 atom stereocenters. The van der Waals surface area contributed by atoms with E-state index < -0.39 is 0 Å².